The Bertz CT molecular complexity index is 780. The summed E-state index contributed by atoms with van der Waals surface area (Å²) in [7, 11) is 0. The first kappa shape index (κ1) is 16.4. The van der Waals surface area contributed by atoms with Gasteiger partial charge in [0.2, 0.25) is 0 Å². The summed E-state index contributed by atoms with van der Waals surface area (Å²) >= 11 is 6.37. The summed E-state index contributed by atoms with van der Waals surface area (Å²) in [6.45, 7) is 4.22. The predicted octanol–water partition coefficient (Wildman–Crippen LogP) is 4.76. The Balaban J connectivity index is 1.82. The van der Waals surface area contributed by atoms with Crippen LogP contribution >= 0.6 is 11.6 Å². The van der Waals surface area contributed by atoms with E-state index in [1.54, 1.807) is 0 Å². The van der Waals surface area contributed by atoms with Gasteiger partial charge in [-0.15, -0.1) is 0 Å². The summed E-state index contributed by atoms with van der Waals surface area (Å²) in [6.07, 6.45) is 10.8. The number of amidine groups is 2. The fourth-order valence-corrected chi connectivity index (χ4v) is 4.14. The van der Waals surface area contributed by atoms with Crippen molar-refractivity contribution in [3.05, 3.63) is 52.7 Å². The monoisotopic (exact) mass is 354 g/mol. The van der Waals surface area contributed by atoms with Gasteiger partial charge in [-0.05, 0) is 55.9 Å². The van der Waals surface area contributed by atoms with Gasteiger partial charge in [-0.1, -0.05) is 42.6 Å². The summed E-state index contributed by atoms with van der Waals surface area (Å²) < 4.78 is 0. The van der Waals surface area contributed by atoms with Crippen LogP contribution in [-0.2, 0) is 0 Å². The minimum atomic E-state index is 0.123. The number of allylic oxidation sites excluding steroid dienone is 2. The highest BCUT2D eigenvalue weighted by Gasteiger charge is 2.37. The lowest BCUT2D eigenvalue weighted by molar-refractivity contribution is 0.412. The molecule has 1 atom stereocenters. The Hall–Kier alpha value is -2.07. The van der Waals surface area contributed by atoms with Crippen molar-refractivity contribution in [3.63, 3.8) is 0 Å². The lowest BCUT2D eigenvalue weighted by Gasteiger charge is -2.37. The molecule has 130 valence electrons. The molecular weight excluding hydrogens is 332 g/mol. The zero-order valence-electron chi connectivity index (χ0n) is 14.7. The lowest BCUT2D eigenvalue weighted by Crippen LogP contribution is -2.54. The number of rotatable bonds is 2. The SMILES string of the molecule is Cc1cccc(C)c1N=C1C(C2CCCC2)NN=C2C(Cl)=CC=CN21. The second kappa shape index (κ2) is 6.68. The number of hydrogen-bond donors (Lipinski definition) is 1. The van der Waals surface area contributed by atoms with Crippen LogP contribution in [0.3, 0.4) is 0 Å². The van der Waals surface area contributed by atoms with Gasteiger partial charge in [-0.25, -0.2) is 4.99 Å². The standard InChI is InChI=1S/C20H23ClN4/c1-13-7-5-8-14(2)17(13)22-20-18(15-9-3-4-10-15)23-24-19-16(21)11-6-12-25(19)20/h5-8,11-12,15,18,23H,3-4,9-10H2,1-2H3. The highest BCUT2D eigenvalue weighted by Crippen LogP contribution is 2.33. The summed E-state index contributed by atoms with van der Waals surface area (Å²) in [5.74, 6) is 2.28. The first-order valence-corrected chi connectivity index (χ1v) is 9.34. The molecule has 1 unspecified atom stereocenters. The molecule has 0 aromatic heterocycles. The summed E-state index contributed by atoms with van der Waals surface area (Å²) in [4.78, 5) is 7.17. The second-order valence-corrected chi connectivity index (χ2v) is 7.43. The Kier molecular flexibility index (Phi) is 4.38. The minimum Gasteiger partial charge on any atom is -0.297 e. The van der Waals surface area contributed by atoms with Gasteiger partial charge in [0.1, 0.15) is 11.9 Å². The van der Waals surface area contributed by atoms with Crippen LogP contribution in [0.1, 0.15) is 36.8 Å². The molecule has 0 spiro atoms. The van der Waals surface area contributed by atoms with Crippen molar-refractivity contribution < 1.29 is 0 Å². The minimum absolute atomic E-state index is 0.123. The number of halogens is 1. The fourth-order valence-electron chi connectivity index (χ4n) is 3.93. The Morgan fingerprint density at radius 1 is 1.20 bits per heavy atom. The van der Waals surface area contributed by atoms with Crippen LogP contribution in [0.2, 0.25) is 0 Å². The van der Waals surface area contributed by atoms with Crippen LogP contribution in [-0.4, -0.2) is 22.6 Å². The maximum atomic E-state index is 6.37. The van der Waals surface area contributed by atoms with E-state index in [1.165, 1.54) is 36.8 Å². The van der Waals surface area contributed by atoms with Crippen LogP contribution in [0.15, 0.2) is 51.7 Å². The van der Waals surface area contributed by atoms with Gasteiger partial charge >= 0.3 is 0 Å². The Morgan fingerprint density at radius 2 is 1.92 bits per heavy atom. The topological polar surface area (TPSA) is 40.0 Å². The predicted molar refractivity (Wildman–Crippen MR) is 104 cm³/mol. The number of aryl methyl sites for hydroxylation is 2. The van der Waals surface area contributed by atoms with Crippen molar-refractivity contribution in [1.29, 1.82) is 0 Å². The van der Waals surface area contributed by atoms with Crippen LogP contribution in [0, 0.1) is 19.8 Å². The van der Waals surface area contributed by atoms with E-state index >= 15 is 0 Å². The first-order chi connectivity index (χ1) is 12.1. The van der Waals surface area contributed by atoms with E-state index in [1.807, 2.05) is 23.3 Å². The first-order valence-electron chi connectivity index (χ1n) is 8.97. The maximum Gasteiger partial charge on any atom is 0.176 e. The third kappa shape index (κ3) is 2.99. The third-order valence-corrected chi connectivity index (χ3v) is 5.59. The highest BCUT2D eigenvalue weighted by molar-refractivity contribution is 6.45. The van der Waals surface area contributed by atoms with Gasteiger partial charge in [0, 0.05) is 6.20 Å². The lowest BCUT2D eigenvalue weighted by atomic mass is 9.95. The van der Waals surface area contributed by atoms with Crippen molar-refractivity contribution in [3.8, 4) is 0 Å². The average molecular weight is 355 g/mol. The molecule has 0 amide bonds. The molecule has 5 heteroatoms. The zero-order chi connectivity index (χ0) is 17.4. The Morgan fingerprint density at radius 3 is 2.64 bits per heavy atom. The van der Waals surface area contributed by atoms with Gasteiger partial charge in [0.15, 0.2) is 5.84 Å². The molecule has 4 nitrogen and oxygen atoms in total. The molecule has 2 heterocycles. The molecule has 0 radical (unpaired) electrons. The quantitative estimate of drug-likeness (QED) is 0.831. The van der Waals surface area contributed by atoms with Crippen LogP contribution in [0.4, 0.5) is 5.69 Å². The van der Waals surface area contributed by atoms with Gasteiger partial charge < -0.3 is 0 Å². The van der Waals surface area contributed by atoms with Gasteiger partial charge in [0.25, 0.3) is 0 Å². The van der Waals surface area contributed by atoms with E-state index in [9.17, 15) is 0 Å². The molecule has 1 aliphatic carbocycles. The van der Waals surface area contributed by atoms with Gasteiger partial charge in [-0.3, -0.25) is 10.3 Å². The van der Waals surface area contributed by atoms with E-state index in [-0.39, 0.29) is 6.04 Å². The molecule has 0 bridgehead atoms. The molecule has 1 aromatic rings. The van der Waals surface area contributed by atoms with Crippen molar-refractivity contribution in [2.24, 2.45) is 16.0 Å². The van der Waals surface area contributed by atoms with E-state index in [2.05, 4.69) is 42.6 Å². The number of fused-ring (bicyclic) bond motifs is 1. The normalized spacial score (nSPS) is 24.8. The molecule has 1 fully saturated rings. The second-order valence-electron chi connectivity index (χ2n) is 7.02. The number of nitrogens with zero attached hydrogens (tertiary/aromatic N) is 3. The number of aliphatic imine (C=N–C) groups is 1. The number of para-hydroxylation sites is 1. The van der Waals surface area contributed by atoms with Crippen molar-refractivity contribution in [1.82, 2.24) is 10.3 Å². The smallest absolute Gasteiger partial charge is 0.176 e. The largest absolute Gasteiger partial charge is 0.297 e. The maximum absolute atomic E-state index is 6.37. The van der Waals surface area contributed by atoms with Gasteiger partial charge in [0.05, 0.1) is 10.7 Å². The number of benzene rings is 1. The van der Waals surface area contributed by atoms with Crippen LogP contribution in [0.25, 0.3) is 0 Å². The molecule has 3 aliphatic rings. The molecule has 1 N–H and O–H groups in total. The number of hydrogen-bond acceptors (Lipinski definition) is 3. The van der Waals surface area contributed by atoms with Crippen molar-refractivity contribution in [2.45, 2.75) is 45.6 Å². The van der Waals surface area contributed by atoms with Crippen molar-refractivity contribution in [2.75, 3.05) is 0 Å². The van der Waals surface area contributed by atoms with E-state index in [0.717, 1.165) is 17.4 Å². The summed E-state index contributed by atoms with van der Waals surface area (Å²) in [5, 5.41) is 5.19. The van der Waals surface area contributed by atoms with Crippen molar-refractivity contribution >= 4 is 29.0 Å². The molecule has 2 aliphatic heterocycles. The molecule has 25 heavy (non-hydrogen) atoms. The number of nitrogens with one attached hydrogen (secondary N) is 1. The fraction of sp³-hybridized carbons (Fsp3) is 0.400. The summed E-state index contributed by atoms with van der Waals surface area (Å²) in [5.41, 5.74) is 6.77. The zero-order valence-corrected chi connectivity index (χ0v) is 15.4. The average Bonchev–Trinajstić information content (AvgIpc) is 3.13. The Labute approximate surface area is 154 Å². The van der Waals surface area contributed by atoms with Crippen LogP contribution in [0.5, 0.6) is 0 Å². The molecule has 4 rings (SSSR count). The highest BCUT2D eigenvalue weighted by atomic mass is 35.5. The molecule has 0 saturated heterocycles. The van der Waals surface area contributed by atoms with E-state index in [0.29, 0.717) is 11.0 Å². The molecule has 1 aromatic carbocycles. The van der Waals surface area contributed by atoms with Gasteiger partial charge in [-0.2, -0.15) is 5.10 Å². The molecular formula is C20H23ClN4. The van der Waals surface area contributed by atoms with E-state index in [4.69, 9.17) is 16.6 Å². The van der Waals surface area contributed by atoms with E-state index < -0.39 is 0 Å². The third-order valence-electron chi connectivity index (χ3n) is 5.29. The number of hydrazone groups is 1. The summed E-state index contributed by atoms with van der Waals surface area (Å²) in [6, 6.07) is 6.43. The molecule has 1 saturated carbocycles. The van der Waals surface area contributed by atoms with Crippen LogP contribution < -0.4 is 5.43 Å².